The number of rotatable bonds is 3. The number of benzene rings is 1. The van der Waals surface area contributed by atoms with Gasteiger partial charge in [-0.1, -0.05) is 18.2 Å². The number of furan rings is 1. The van der Waals surface area contributed by atoms with E-state index in [1.165, 1.54) is 0 Å². The first-order valence-corrected chi connectivity index (χ1v) is 7.30. The highest BCUT2D eigenvalue weighted by molar-refractivity contribution is 5.65. The van der Waals surface area contributed by atoms with Crippen molar-refractivity contribution in [2.75, 3.05) is 0 Å². The minimum atomic E-state index is 0.728. The second kappa shape index (κ2) is 5.53. The van der Waals surface area contributed by atoms with Gasteiger partial charge in [-0.15, -0.1) is 0 Å². The molecule has 1 aromatic carbocycles. The molecule has 0 fully saturated rings. The molecule has 23 heavy (non-hydrogen) atoms. The maximum Gasteiger partial charge on any atom is 0.152 e. The van der Waals surface area contributed by atoms with Crippen LogP contribution in [0.1, 0.15) is 5.76 Å². The van der Waals surface area contributed by atoms with E-state index in [2.05, 4.69) is 9.97 Å². The average Bonchev–Trinajstić information content (AvgIpc) is 3.23. The van der Waals surface area contributed by atoms with Gasteiger partial charge in [-0.25, -0.2) is 4.68 Å². The second-order valence-electron chi connectivity index (χ2n) is 5.16. The second-order valence-corrected chi connectivity index (χ2v) is 5.16. The van der Waals surface area contributed by atoms with Gasteiger partial charge in [0.15, 0.2) is 5.76 Å². The lowest BCUT2D eigenvalue weighted by molar-refractivity contribution is 0.544. The molecule has 0 unspecified atom stereocenters. The number of nitrogens with zero attached hydrogens (tertiary/aromatic N) is 4. The Kier molecular flexibility index (Phi) is 3.24. The van der Waals surface area contributed by atoms with E-state index in [1.54, 1.807) is 18.6 Å². The maximum absolute atomic E-state index is 5.78. The predicted octanol–water partition coefficient (Wildman–Crippen LogP) is 3.90. The van der Waals surface area contributed by atoms with Crippen LogP contribution in [0.5, 0.6) is 0 Å². The lowest BCUT2D eigenvalue weighted by Gasteiger charge is -2.05. The van der Waals surface area contributed by atoms with Gasteiger partial charge < -0.3 is 4.42 Å². The van der Waals surface area contributed by atoms with Gasteiger partial charge in [0.25, 0.3) is 0 Å². The summed E-state index contributed by atoms with van der Waals surface area (Å²) in [6.45, 7) is 1.93. The summed E-state index contributed by atoms with van der Waals surface area (Å²) >= 11 is 0. The molecule has 0 atom stereocenters. The molecule has 0 aliphatic heterocycles. The van der Waals surface area contributed by atoms with Crippen molar-refractivity contribution in [1.29, 1.82) is 0 Å². The van der Waals surface area contributed by atoms with Gasteiger partial charge in [0.1, 0.15) is 22.8 Å². The first-order valence-electron chi connectivity index (χ1n) is 7.30. The van der Waals surface area contributed by atoms with Crippen molar-refractivity contribution in [2.24, 2.45) is 0 Å². The summed E-state index contributed by atoms with van der Waals surface area (Å²) in [6.07, 6.45) is 5.01. The van der Waals surface area contributed by atoms with Crippen LogP contribution in [0, 0.1) is 6.92 Å². The van der Waals surface area contributed by atoms with Gasteiger partial charge in [0.2, 0.25) is 0 Å². The van der Waals surface area contributed by atoms with E-state index in [4.69, 9.17) is 9.52 Å². The molecule has 0 bridgehead atoms. The Bertz CT molecular complexity index is 926. The van der Waals surface area contributed by atoms with Crippen molar-refractivity contribution in [3.8, 4) is 28.5 Å². The van der Waals surface area contributed by atoms with Gasteiger partial charge >= 0.3 is 0 Å². The number of aryl methyl sites for hydroxylation is 1. The smallest absolute Gasteiger partial charge is 0.152 e. The normalized spacial score (nSPS) is 10.8. The molecule has 0 spiro atoms. The van der Waals surface area contributed by atoms with Crippen LogP contribution in [0.3, 0.4) is 0 Å². The van der Waals surface area contributed by atoms with Gasteiger partial charge in [0, 0.05) is 12.4 Å². The quantitative estimate of drug-likeness (QED) is 0.576. The zero-order valence-electron chi connectivity index (χ0n) is 12.5. The van der Waals surface area contributed by atoms with Crippen molar-refractivity contribution >= 4 is 0 Å². The standard InChI is InChI=1S/C18H14N4O/c1-13-7-8-18(23-13)17-11-15(16-12-19-9-10-20-16)21-22(17)14-5-3-2-4-6-14/h2-12H,1H3. The fourth-order valence-electron chi connectivity index (χ4n) is 2.45. The van der Waals surface area contributed by atoms with Gasteiger partial charge in [-0.05, 0) is 37.3 Å². The van der Waals surface area contributed by atoms with Crippen molar-refractivity contribution in [3.05, 3.63) is 72.9 Å². The van der Waals surface area contributed by atoms with E-state index < -0.39 is 0 Å². The maximum atomic E-state index is 5.78. The largest absolute Gasteiger partial charge is 0.460 e. The van der Waals surface area contributed by atoms with E-state index >= 15 is 0 Å². The molecule has 0 aliphatic rings. The van der Waals surface area contributed by atoms with Crippen LogP contribution >= 0.6 is 0 Å². The Morgan fingerprint density at radius 1 is 0.957 bits per heavy atom. The van der Waals surface area contributed by atoms with Crippen LogP contribution in [0.2, 0.25) is 0 Å². The molecule has 0 N–H and O–H groups in total. The summed E-state index contributed by atoms with van der Waals surface area (Å²) in [5.74, 6) is 1.64. The summed E-state index contributed by atoms with van der Waals surface area (Å²) in [6, 6.07) is 15.8. The molecule has 4 aromatic rings. The van der Waals surface area contributed by atoms with Crippen LogP contribution in [-0.4, -0.2) is 19.7 Å². The van der Waals surface area contributed by atoms with E-state index in [0.29, 0.717) is 0 Å². The summed E-state index contributed by atoms with van der Waals surface area (Å²) < 4.78 is 7.65. The topological polar surface area (TPSA) is 56.7 Å². The van der Waals surface area contributed by atoms with Crippen LogP contribution in [-0.2, 0) is 0 Å². The molecule has 0 saturated carbocycles. The highest BCUT2D eigenvalue weighted by atomic mass is 16.3. The fourth-order valence-corrected chi connectivity index (χ4v) is 2.45. The first-order chi connectivity index (χ1) is 11.3. The Balaban J connectivity index is 1.91. The SMILES string of the molecule is Cc1ccc(-c2cc(-c3cnccn3)nn2-c2ccccc2)o1. The van der Waals surface area contributed by atoms with Crippen LogP contribution in [0.15, 0.2) is 71.5 Å². The van der Waals surface area contributed by atoms with Gasteiger partial charge in [-0.3, -0.25) is 9.97 Å². The number of aromatic nitrogens is 4. The van der Waals surface area contributed by atoms with E-state index in [0.717, 1.165) is 34.3 Å². The lowest BCUT2D eigenvalue weighted by Crippen LogP contribution is -1.98. The van der Waals surface area contributed by atoms with Crippen molar-refractivity contribution in [2.45, 2.75) is 6.92 Å². The molecule has 3 aromatic heterocycles. The third-order valence-electron chi connectivity index (χ3n) is 3.53. The molecular formula is C18H14N4O. The monoisotopic (exact) mass is 302 g/mol. The Hall–Kier alpha value is -3.21. The van der Waals surface area contributed by atoms with Crippen LogP contribution in [0.25, 0.3) is 28.5 Å². The van der Waals surface area contributed by atoms with Crippen molar-refractivity contribution < 1.29 is 4.42 Å². The highest BCUT2D eigenvalue weighted by Gasteiger charge is 2.16. The molecule has 112 valence electrons. The third kappa shape index (κ3) is 2.53. The zero-order valence-corrected chi connectivity index (χ0v) is 12.5. The minimum absolute atomic E-state index is 0.728. The molecule has 4 rings (SSSR count). The van der Waals surface area contributed by atoms with Crippen LogP contribution < -0.4 is 0 Å². The van der Waals surface area contributed by atoms with E-state index in [-0.39, 0.29) is 0 Å². The third-order valence-corrected chi connectivity index (χ3v) is 3.53. The van der Waals surface area contributed by atoms with Crippen molar-refractivity contribution in [3.63, 3.8) is 0 Å². The van der Waals surface area contributed by atoms with Crippen LogP contribution in [0.4, 0.5) is 0 Å². The Morgan fingerprint density at radius 3 is 2.52 bits per heavy atom. The molecule has 0 amide bonds. The summed E-state index contributed by atoms with van der Waals surface area (Å²) in [5, 5.41) is 4.69. The fraction of sp³-hybridized carbons (Fsp3) is 0.0556. The summed E-state index contributed by atoms with van der Waals surface area (Å²) in [4.78, 5) is 8.44. The van der Waals surface area contributed by atoms with Crippen molar-refractivity contribution in [1.82, 2.24) is 19.7 Å². The molecule has 3 heterocycles. The van der Waals surface area contributed by atoms with E-state index in [1.807, 2.05) is 60.1 Å². The summed E-state index contributed by atoms with van der Waals surface area (Å²) in [5.41, 5.74) is 3.33. The molecule has 0 aliphatic carbocycles. The van der Waals surface area contributed by atoms with E-state index in [9.17, 15) is 0 Å². The number of para-hydroxylation sites is 1. The predicted molar refractivity (Wildman–Crippen MR) is 87.0 cm³/mol. The molecule has 5 nitrogen and oxygen atoms in total. The lowest BCUT2D eigenvalue weighted by atomic mass is 10.2. The Labute approximate surface area is 133 Å². The van der Waals surface area contributed by atoms with Gasteiger partial charge in [0.05, 0.1) is 11.9 Å². The zero-order chi connectivity index (χ0) is 15.6. The average molecular weight is 302 g/mol. The molecular weight excluding hydrogens is 288 g/mol. The number of hydrogen-bond acceptors (Lipinski definition) is 4. The molecule has 0 saturated heterocycles. The number of hydrogen-bond donors (Lipinski definition) is 0. The van der Waals surface area contributed by atoms with Gasteiger partial charge in [-0.2, -0.15) is 5.10 Å². The first kappa shape index (κ1) is 13.5. The molecule has 0 radical (unpaired) electrons. The minimum Gasteiger partial charge on any atom is -0.460 e. The Morgan fingerprint density at radius 2 is 1.83 bits per heavy atom. The molecule has 5 heteroatoms. The highest BCUT2D eigenvalue weighted by Crippen LogP contribution is 2.28. The summed E-state index contributed by atoms with van der Waals surface area (Å²) in [7, 11) is 0.